The van der Waals surface area contributed by atoms with Crippen LogP contribution < -0.4 is 5.32 Å². The van der Waals surface area contributed by atoms with Crippen LogP contribution in [0.1, 0.15) is 52.6 Å². The second-order valence-corrected chi connectivity index (χ2v) is 9.42. The summed E-state index contributed by atoms with van der Waals surface area (Å²) in [6.45, 7) is 2.21. The normalized spacial score (nSPS) is 26.3. The van der Waals surface area contributed by atoms with Crippen LogP contribution in [0.3, 0.4) is 0 Å². The summed E-state index contributed by atoms with van der Waals surface area (Å²) in [6, 6.07) is 4.51. The smallest absolute Gasteiger partial charge is 0.276 e. The number of carbonyl (C=O) groups excluding carboxylic acids is 4. The number of hydrogen-bond donors (Lipinski definition) is 2. The molecule has 184 valence electrons. The summed E-state index contributed by atoms with van der Waals surface area (Å²) in [4.78, 5) is 53.0. The molecule has 3 atom stereocenters. The van der Waals surface area contributed by atoms with Crippen molar-refractivity contribution in [1.82, 2.24) is 30.1 Å². The van der Waals surface area contributed by atoms with Crippen molar-refractivity contribution < 1.29 is 29.0 Å². The first-order valence-electron chi connectivity index (χ1n) is 11.4. The van der Waals surface area contributed by atoms with Gasteiger partial charge in [-0.25, -0.2) is 4.68 Å². The number of carbonyl (C=O) groups is 4. The zero-order valence-electron chi connectivity index (χ0n) is 19.4. The molecular formula is C23H26N6O6. The van der Waals surface area contributed by atoms with Crippen LogP contribution in [-0.4, -0.2) is 91.5 Å². The molecule has 2 N–H and O–H groups in total. The number of aliphatic hydroxyl groups excluding tert-OH is 1. The number of piperidine rings is 1. The molecule has 0 radical (unpaired) electrons. The molecule has 35 heavy (non-hydrogen) atoms. The molecule has 0 bridgehead atoms. The van der Waals surface area contributed by atoms with Gasteiger partial charge in [-0.15, -0.1) is 5.10 Å². The minimum absolute atomic E-state index is 0.110. The maximum atomic E-state index is 13.2. The molecule has 2 aromatic rings. The standard InChI is InChI=1S/C23H26N6O6/c1-23(12-30)8-15(35-2)10-28(23)22(34)17-11-29(26-25-17)14-4-3-13-9-27(21(33)16(13)7-14)18-5-6-19(31)24-20(18)32/h3-4,7,11,15,18,30H,5-6,8-10,12H2,1-2H3,(H,24,31,32). The summed E-state index contributed by atoms with van der Waals surface area (Å²) in [5.41, 5.74) is 1.08. The van der Waals surface area contributed by atoms with Gasteiger partial charge in [-0.2, -0.15) is 0 Å². The van der Waals surface area contributed by atoms with Gasteiger partial charge in [-0.1, -0.05) is 11.3 Å². The Balaban J connectivity index is 1.36. The van der Waals surface area contributed by atoms with Crippen LogP contribution in [0.4, 0.5) is 0 Å². The van der Waals surface area contributed by atoms with Crippen molar-refractivity contribution in [2.24, 2.45) is 0 Å². The number of nitrogens with zero attached hydrogens (tertiary/aromatic N) is 5. The molecule has 0 aliphatic carbocycles. The first-order valence-corrected chi connectivity index (χ1v) is 11.4. The number of benzene rings is 1. The van der Waals surface area contributed by atoms with Gasteiger partial charge in [-0.3, -0.25) is 24.5 Å². The third-order valence-electron chi connectivity index (χ3n) is 7.11. The lowest BCUT2D eigenvalue weighted by Gasteiger charge is -2.32. The Bertz CT molecular complexity index is 1230. The van der Waals surface area contributed by atoms with Crippen molar-refractivity contribution in [3.8, 4) is 5.69 Å². The molecule has 0 spiro atoms. The molecule has 3 aliphatic heterocycles. The summed E-state index contributed by atoms with van der Waals surface area (Å²) < 4.78 is 6.80. The molecule has 3 unspecified atom stereocenters. The van der Waals surface area contributed by atoms with E-state index in [1.54, 1.807) is 37.1 Å². The minimum atomic E-state index is -0.763. The van der Waals surface area contributed by atoms with Crippen molar-refractivity contribution in [3.63, 3.8) is 0 Å². The predicted octanol–water partition coefficient (Wildman–Crippen LogP) is -0.360. The maximum absolute atomic E-state index is 13.2. The number of ether oxygens (including phenoxy) is 1. The van der Waals surface area contributed by atoms with Gasteiger partial charge in [0.25, 0.3) is 11.8 Å². The van der Waals surface area contributed by atoms with Gasteiger partial charge in [0.15, 0.2) is 5.69 Å². The molecule has 2 fully saturated rings. The van der Waals surface area contributed by atoms with Crippen LogP contribution in [-0.2, 0) is 20.9 Å². The molecule has 2 saturated heterocycles. The van der Waals surface area contributed by atoms with E-state index in [1.807, 2.05) is 0 Å². The Kier molecular flexibility index (Phi) is 5.64. The second kappa shape index (κ2) is 8.54. The molecule has 12 nitrogen and oxygen atoms in total. The van der Waals surface area contributed by atoms with E-state index in [0.29, 0.717) is 30.6 Å². The van der Waals surface area contributed by atoms with E-state index >= 15 is 0 Å². The summed E-state index contributed by atoms with van der Waals surface area (Å²) >= 11 is 0. The fourth-order valence-corrected chi connectivity index (χ4v) is 5.04. The third kappa shape index (κ3) is 3.88. The fraction of sp³-hybridized carbons (Fsp3) is 0.478. The second-order valence-electron chi connectivity index (χ2n) is 9.42. The van der Waals surface area contributed by atoms with Crippen molar-refractivity contribution in [2.45, 2.75) is 50.4 Å². The number of rotatable bonds is 5. The van der Waals surface area contributed by atoms with Crippen LogP contribution in [0, 0.1) is 0 Å². The number of hydrogen-bond acceptors (Lipinski definition) is 8. The van der Waals surface area contributed by atoms with E-state index in [-0.39, 0.29) is 49.1 Å². The van der Waals surface area contributed by atoms with E-state index in [9.17, 15) is 24.3 Å². The van der Waals surface area contributed by atoms with Crippen LogP contribution in [0.2, 0.25) is 0 Å². The highest BCUT2D eigenvalue weighted by molar-refractivity contribution is 6.05. The van der Waals surface area contributed by atoms with Gasteiger partial charge in [0.2, 0.25) is 11.8 Å². The van der Waals surface area contributed by atoms with Crippen LogP contribution in [0.5, 0.6) is 0 Å². The van der Waals surface area contributed by atoms with Crippen LogP contribution >= 0.6 is 0 Å². The Morgan fingerprint density at radius 2 is 2.11 bits per heavy atom. The number of likely N-dealkylation sites (tertiary alicyclic amines) is 1. The lowest BCUT2D eigenvalue weighted by atomic mass is 9.99. The number of aromatic nitrogens is 3. The number of nitrogens with one attached hydrogen (secondary N) is 1. The number of amides is 4. The molecule has 0 saturated carbocycles. The van der Waals surface area contributed by atoms with Gasteiger partial charge in [0, 0.05) is 38.6 Å². The quantitative estimate of drug-likeness (QED) is 0.549. The van der Waals surface area contributed by atoms with E-state index in [1.165, 1.54) is 15.8 Å². The topological polar surface area (TPSA) is 147 Å². The first kappa shape index (κ1) is 23.1. The van der Waals surface area contributed by atoms with E-state index in [2.05, 4.69) is 15.6 Å². The van der Waals surface area contributed by atoms with Crippen molar-refractivity contribution >= 4 is 23.6 Å². The van der Waals surface area contributed by atoms with Crippen LogP contribution in [0.15, 0.2) is 24.4 Å². The van der Waals surface area contributed by atoms with Gasteiger partial charge < -0.3 is 19.6 Å². The summed E-state index contributed by atoms with van der Waals surface area (Å²) in [5.74, 6) is -1.46. The fourth-order valence-electron chi connectivity index (χ4n) is 5.04. The summed E-state index contributed by atoms with van der Waals surface area (Å²) in [6.07, 6.45) is 2.30. The molecule has 5 rings (SSSR count). The third-order valence-corrected chi connectivity index (χ3v) is 7.11. The first-order chi connectivity index (χ1) is 16.7. The molecule has 12 heteroatoms. The average molecular weight is 482 g/mol. The summed E-state index contributed by atoms with van der Waals surface area (Å²) in [7, 11) is 1.57. The highest BCUT2D eigenvalue weighted by Crippen LogP contribution is 2.32. The molecular weight excluding hydrogens is 456 g/mol. The zero-order chi connectivity index (χ0) is 24.9. The Labute approximate surface area is 200 Å². The average Bonchev–Trinajstić information content (AvgIpc) is 3.55. The van der Waals surface area contributed by atoms with Gasteiger partial charge in [0.1, 0.15) is 6.04 Å². The minimum Gasteiger partial charge on any atom is -0.394 e. The zero-order valence-corrected chi connectivity index (χ0v) is 19.4. The highest BCUT2D eigenvalue weighted by Gasteiger charge is 2.45. The van der Waals surface area contributed by atoms with Gasteiger partial charge in [0.05, 0.1) is 30.1 Å². The van der Waals surface area contributed by atoms with E-state index < -0.39 is 17.5 Å². The van der Waals surface area contributed by atoms with Crippen LogP contribution in [0.25, 0.3) is 5.69 Å². The highest BCUT2D eigenvalue weighted by atomic mass is 16.5. The molecule has 3 aliphatic rings. The lowest BCUT2D eigenvalue weighted by Crippen LogP contribution is -2.52. The number of imide groups is 1. The Hall–Kier alpha value is -3.64. The maximum Gasteiger partial charge on any atom is 0.276 e. The SMILES string of the molecule is COC1CN(C(=O)c2cn(-c3ccc4c(c3)C(=O)N(C3CCC(=O)NC3=O)C4)nn2)C(C)(CO)C1. The number of aliphatic hydroxyl groups is 1. The van der Waals surface area contributed by atoms with E-state index in [0.717, 1.165) is 5.56 Å². The molecule has 4 amide bonds. The molecule has 4 heterocycles. The van der Waals surface area contributed by atoms with Gasteiger partial charge >= 0.3 is 0 Å². The molecule has 1 aromatic heterocycles. The largest absolute Gasteiger partial charge is 0.394 e. The molecule has 1 aromatic carbocycles. The van der Waals surface area contributed by atoms with Crippen molar-refractivity contribution in [2.75, 3.05) is 20.3 Å². The monoisotopic (exact) mass is 482 g/mol. The van der Waals surface area contributed by atoms with Crippen molar-refractivity contribution in [3.05, 3.63) is 41.2 Å². The lowest BCUT2D eigenvalue weighted by molar-refractivity contribution is -0.136. The van der Waals surface area contributed by atoms with Gasteiger partial charge in [-0.05, 0) is 31.0 Å². The Morgan fingerprint density at radius 3 is 2.83 bits per heavy atom. The summed E-state index contributed by atoms with van der Waals surface area (Å²) in [5, 5.41) is 20.3. The Morgan fingerprint density at radius 1 is 1.31 bits per heavy atom. The predicted molar refractivity (Wildman–Crippen MR) is 119 cm³/mol. The van der Waals surface area contributed by atoms with Crippen molar-refractivity contribution in [1.29, 1.82) is 0 Å². The van der Waals surface area contributed by atoms with E-state index in [4.69, 9.17) is 4.74 Å². The number of fused-ring (bicyclic) bond motifs is 1. The number of methoxy groups -OCH3 is 1.